The summed E-state index contributed by atoms with van der Waals surface area (Å²) >= 11 is 0. The van der Waals surface area contributed by atoms with Crippen LogP contribution in [0.25, 0.3) is 16.6 Å². The van der Waals surface area contributed by atoms with Crippen molar-refractivity contribution in [3.8, 4) is 22.9 Å². The van der Waals surface area contributed by atoms with Gasteiger partial charge in [-0.25, -0.2) is 9.50 Å². The Morgan fingerprint density at radius 2 is 1.88 bits per heavy atom. The third-order valence-electron chi connectivity index (χ3n) is 9.29. The summed E-state index contributed by atoms with van der Waals surface area (Å²) in [4.78, 5) is 24.5. The number of nitrogens with one attached hydrogen (secondary N) is 1. The van der Waals surface area contributed by atoms with Crippen LogP contribution < -0.4 is 15.0 Å². The number of anilines is 1. The molecule has 3 aromatic rings. The second kappa shape index (κ2) is 10.00. The lowest BCUT2D eigenvalue weighted by Crippen LogP contribution is -2.70. The molecular formula is C31H38N8O2. The highest BCUT2D eigenvalue weighted by molar-refractivity contribution is 5.85. The number of hydrogen-bond donors (Lipinski definition) is 1. The lowest BCUT2D eigenvalue weighted by molar-refractivity contribution is -0.142. The maximum absolute atomic E-state index is 12.8. The van der Waals surface area contributed by atoms with E-state index in [1.807, 2.05) is 44.1 Å². The molecule has 10 nitrogen and oxygen atoms in total. The Hall–Kier alpha value is -3.68. The van der Waals surface area contributed by atoms with Gasteiger partial charge in [-0.05, 0) is 49.5 Å². The second-order valence-corrected chi connectivity index (χ2v) is 13.2. The highest BCUT2D eigenvalue weighted by Gasteiger charge is 2.47. The maximum atomic E-state index is 12.8. The third kappa shape index (κ3) is 4.71. The van der Waals surface area contributed by atoms with Crippen molar-refractivity contribution >= 4 is 17.2 Å². The van der Waals surface area contributed by atoms with E-state index in [1.54, 1.807) is 10.7 Å². The smallest absolute Gasteiger partial charge is 0.228 e. The Morgan fingerprint density at radius 3 is 2.54 bits per heavy atom. The minimum absolute atomic E-state index is 0.218. The zero-order valence-electron chi connectivity index (χ0n) is 24.1. The van der Waals surface area contributed by atoms with Gasteiger partial charge in [0, 0.05) is 55.5 Å². The number of likely N-dealkylation sites (tertiary alicyclic amines) is 1. The van der Waals surface area contributed by atoms with Crippen molar-refractivity contribution in [2.24, 2.45) is 17.3 Å². The molecule has 0 radical (unpaired) electrons. The number of rotatable bonds is 6. The highest BCUT2D eigenvalue weighted by atomic mass is 16.5. The van der Waals surface area contributed by atoms with Crippen LogP contribution in [0.2, 0.25) is 0 Å². The monoisotopic (exact) mass is 554 g/mol. The van der Waals surface area contributed by atoms with E-state index in [1.165, 1.54) is 0 Å². The summed E-state index contributed by atoms with van der Waals surface area (Å²) in [6, 6.07) is 9.01. The molecule has 5 saturated heterocycles. The number of piperidine rings is 1. The molecular weight excluding hydrogens is 516 g/mol. The summed E-state index contributed by atoms with van der Waals surface area (Å²) < 4.78 is 7.97. The standard InChI is InChI=1S/C31H38N8O2/c1-31(2,3)30(40)37-17-24-8-25(18-37)39(24)28-5-4-20(13-34-28)27-9-26(19-38-29(27)21(10-32)14-35-38)41-7-6-36-15-22-11-33-12-23(22)16-36/h4-5,9,13-14,19,22-25,33H,6-8,11-12,15-18H2,1-3H3. The quantitative estimate of drug-likeness (QED) is 0.496. The number of amides is 1. The SMILES string of the molecule is CC(C)(C)C(=O)N1CC2CC(C1)N2c1ccc(-c2cc(OCCN3CC4CNCC4C3)cn3ncc(C#N)c23)cn1. The molecule has 0 aliphatic carbocycles. The molecule has 0 saturated carbocycles. The first kappa shape index (κ1) is 26.2. The van der Waals surface area contributed by atoms with E-state index in [9.17, 15) is 10.1 Å². The molecule has 5 fully saturated rings. The van der Waals surface area contributed by atoms with E-state index in [-0.39, 0.29) is 11.3 Å². The van der Waals surface area contributed by atoms with Gasteiger partial charge in [-0.1, -0.05) is 20.8 Å². The number of piperazine rings is 1. The van der Waals surface area contributed by atoms with Gasteiger partial charge in [0.2, 0.25) is 5.91 Å². The van der Waals surface area contributed by atoms with Crippen LogP contribution in [-0.2, 0) is 4.79 Å². The van der Waals surface area contributed by atoms with E-state index >= 15 is 0 Å². The van der Waals surface area contributed by atoms with Crippen LogP contribution in [0.4, 0.5) is 5.82 Å². The summed E-state index contributed by atoms with van der Waals surface area (Å²) in [5, 5.41) is 17.7. The summed E-state index contributed by atoms with van der Waals surface area (Å²) in [5.41, 5.74) is 2.71. The average molecular weight is 555 g/mol. The van der Waals surface area contributed by atoms with Crippen molar-refractivity contribution in [2.75, 3.05) is 57.3 Å². The Balaban J connectivity index is 1.07. The minimum Gasteiger partial charge on any atom is -0.491 e. The molecule has 214 valence electrons. The fourth-order valence-corrected chi connectivity index (χ4v) is 7.23. The van der Waals surface area contributed by atoms with Crippen molar-refractivity contribution in [2.45, 2.75) is 39.3 Å². The van der Waals surface area contributed by atoms with E-state index in [0.717, 1.165) is 92.3 Å². The number of carbonyl (C=O) groups excluding carboxylic acids is 1. The van der Waals surface area contributed by atoms with Crippen molar-refractivity contribution < 1.29 is 9.53 Å². The maximum Gasteiger partial charge on any atom is 0.228 e. The molecule has 1 amide bonds. The summed E-state index contributed by atoms with van der Waals surface area (Å²) in [7, 11) is 0. The van der Waals surface area contributed by atoms with Gasteiger partial charge in [-0.2, -0.15) is 10.4 Å². The van der Waals surface area contributed by atoms with Crippen molar-refractivity contribution in [3.05, 3.63) is 42.4 Å². The molecule has 5 aliphatic rings. The number of ether oxygens (including phenoxy) is 1. The van der Waals surface area contributed by atoms with Crippen molar-refractivity contribution in [3.63, 3.8) is 0 Å². The van der Waals surface area contributed by atoms with Gasteiger partial charge in [0.1, 0.15) is 24.2 Å². The van der Waals surface area contributed by atoms with E-state index in [2.05, 4.69) is 38.4 Å². The Labute approximate surface area is 240 Å². The third-order valence-corrected chi connectivity index (χ3v) is 9.29. The number of aromatic nitrogens is 3. The number of nitriles is 1. The van der Waals surface area contributed by atoms with E-state index in [4.69, 9.17) is 9.72 Å². The minimum atomic E-state index is -0.362. The average Bonchev–Trinajstić information content (AvgIpc) is 3.67. The first-order valence-corrected chi connectivity index (χ1v) is 14.8. The predicted molar refractivity (Wildman–Crippen MR) is 156 cm³/mol. The number of carbonyl (C=O) groups is 1. The molecule has 0 spiro atoms. The number of fused-ring (bicyclic) bond motifs is 4. The molecule has 10 heteroatoms. The van der Waals surface area contributed by atoms with E-state index in [0.29, 0.717) is 24.3 Å². The van der Waals surface area contributed by atoms with Crippen molar-refractivity contribution in [1.82, 2.24) is 29.7 Å². The molecule has 8 heterocycles. The van der Waals surface area contributed by atoms with Crippen molar-refractivity contribution in [1.29, 1.82) is 5.26 Å². The summed E-state index contributed by atoms with van der Waals surface area (Å²) in [6.07, 6.45) is 6.43. The Morgan fingerprint density at radius 1 is 1.12 bits per heavy atom. The summed E-state index contributed by atoms with van der Waals surface area (Å²) in [5.74, 6) is 3.41. The molecule has 4 atom stereocenters. The van der Waals surface area contributed by atoms with Gasteiger partial charge >= 0.3 is 0 Å². The molecule has 5 aliphatic heterocycles. The van der Waals surface area contributed by atoms with Gasteiger partial charge in [0.05, 0.1) is 35.6 Å². The van der Waals surface area contributed by atoms with Crippen LogP contribution in [0.5, 0.6) is 5.75 Å². The van der Waals surface area contributed by atoms with Gasteiger partial charge < -0.3 is 19.9 Å². The van der Waals surface area contributed by atoms with Crippen LogP contribution in [0.1, 0.15) is 32.8 Å². The van der Waals surface area contributed by atoms with Gasteiger partial charge in [-0.15, -0.1) is 0 Å². The lowest BCUT2D eigenvalue weighted by atomic mass is 9.85. The highest BCUT2D eigenvalue weighted by Crippen LogP contribution is 2.38. The number of nitrogens with zero attached hydrogens (tertiary/aromatic N) is 7. The van der Waals surface area contributed by atoms with Gasteiger partial charge in [0.25, 0.3) is 0 Å². The summed E-state index contributed by atoms with van der Waals surface area (Å²) in [6.45, 7) is 13.5. The zero-order valence-corrected chi connectivity index (χ0v) is 24.1. The fourth-order valence-electron chi connectivity index (χ4n) is 7.23. The normalized spacial score (nSPS) is 25.7. The second-order valence-electron chi connectivity index (χ2n) is 13.2. The van der Waals surface area contributed by atoms with Crippen LogP contribution >= 0.6 is 0 Å². The molecule has 1 N–H and O–H groups in total. The first-order chi connectivity index (χ1) is 19.8. The Kier molecular flexibility index (Phi) is 6.40. The molecule has 41 heavy (non-hydrogen) atoms. The van der Waals surface area contributed by atoms with Crippen LogP contribution in [0.3, 0.4) is 0 Å². The Bertz CT molecular complexity index is 1480. The first-order valence-electron chi connectivity index (χ1n) is 14.8. The molecule has 4 unspecified atom stereocenters. The number of pyridine rings is 2. The van der Waals surface area contributed by atoms with Crippen LogP contribution in [0.15, 0.2) is 36.8 Å². The lowest BCUT2D eigenvalue weighted by Gasteiger charge is -2.57. The largest absolute Gasteiger partial charge is 0.491 e. The van der Waals surface area contributed by atoms with Crippen LogP contribution in [-0.4, -0.2) is 94.8 Å². The fraction of sp³-hybridized carbons (Fsp3) is 0.548. The van der Waals surface area contributed by atoms with Gasteiger partial charge in [-0.3, -0.25) is 9.69 Å². The number of hydrogen-bond acceptors (Lipinski definition) is 8. The topological polar surface area (TPSA) is 102 Å². The zero-order chi connectivity index (χ0) is 28.3. The van der Waals surface area contributed by atoms with Crippen LogP contribution in [0, 0.1) is 28.6 Å². The molecule has 0 aromatic carbocycles. The predicted octanol–water partition coefficient (Wildman–Crippen LogP) is 2.63. The molecule has 8 rings (SSSR count). The molecule has 2 bridgehead atoms. The van der Waals surface area contributed by atoms with E-state index < -0.39 is 0 Å². The van der Waals surface area contributed by atoms with Gasteiger partial charge in [0.15, 0.2) is 0 Å². The molecule has 3 aromatic heterocycles.